The molecule has 2 nitrogen and oxygen atoms in total. The highest BCUT2D eigenvalue weighted by molar-refractivity contribution is 5.96. The zero-order valence-electron chi connectivity index (χ0n) is 11.7. The summed E-state index contributed by atoms with van der Waals surface area (Å²) < 4.78 is 18.9. The Balaban J connectivity index is 2.48. The Morgan fingerprint density at radius 3 is 2.45 bits per heavy atom. The van der Waals surface area contributed by atoms with Gasteiger partial charge in [-0.15, -0.1) is 0 Å². The molecule has 0 spiro atoms. The summed E-state index contributed by atoms with van der Waals surface area (Å²) in [7, 11) is 0. The van der Waals surface area contributed by atoms with Gasteiger partial charge in [-0.05, 0) is 35.7 Å². The highest BCUT2D eigenvalue weighted by Gasteiger charge is 2.16. The van der Waals surface area contributed by atoms with E-state index < -0.39 is 11.8 Å². The van der Waals surface area contributed by atoms with E-state index in [2.05, 4.69) is 0 Å². The predicted octanol–water partition coefficient (Wildman–Crippen LogP) is 4.49. The van der Waals surface area contributed by atoms with Crippen molar-refractivity contribution in [1.29, 1.82) is 0 Å². The predicted molar refractivity (Wildman–Crippen MR) is 78.9 cm³/mol. The van der Waals surface area contributed by atoms with Gasteiger partial charge in [0.05, 0.1) is 6.61 Å². The monoisotopic (exact) mass is 272 g/mol. The second-order valence-electron chi connectivity index (χ2n) is 4.43. The first-order valence-corrected chi connectivity index (χ1v) is 6.72. The minimum Gasteiger partial charge on any atom is -0.461 e. The van der Waals surface area contributed by atoms with E-state index in [0.717, 1.165) is 16.3 Å². The molecule has 0 unspecified atom stereocenters. The molecule has 0 saturated heterocycles. The minimum absolute atomic E-state index is 0.168. The average Bonchev–Trinajstić information content (AvgIpc) is 2.48. The number of carbonyl (C=O) groups excluding carboxylic acids is 1. The molecule has 0 aliphatic carbocycles. The van der Waals surface area contributed by atoms with Gasteiger partial charge in [0, 0.05) is 5.57 Å². The van der Waals surface area contributed by atoms with E-state index in [1.165, 1.54) is 0 Å². The van der Waals surface area contributed by atoms with Crippen molar-refractivity contribution in [1.82, 2.24) is 0 Å². The van der Waals surface area contributed by atoms with Gasteiger partial charge in [0.2, 0.25) is 5.83 Å². The Labute approximate surface area is 117 Å². The molecule has 0 fully saturated rings. The van der Waals surface area contributed by atoms with Crippen molar-refractivity contribution in [3.63, 3.8) is 0 Å². The number of benzene rings is 2. The summed E-state index contributed by atoms with van der Waals surface area (Å²) in [5.41, 5.74) is 1.10. The molecule has 20 heavy (non-hydrogen) atoms. The molecular formula is C17H17FO2. The maximum Gasteiger partial charge on any atom is 0.367 e. The van der Waals surface area contributed by atoms with Gasteiger partial charge < -0.3 is 4.74 Å². The summed E-state index contributed by atoms with van der Waals surface area (Å²) in [5, 5.41) is 2.11. The number of allylic oxidation sites excluding steroid dienone is 1. The van der Waals surface area contributed by atoms with E-state index in [0.29, 0.717) is 12.0 Å². The number of halogens is 1. The van der Waals surface area contributed by atoms with Crippen LogP contribution >= 0.6 is 0 Å². The fourth-order valence-electron chi connectivity index (χ4n) is 2.18. The molecule has 0 heterocycles. The number of ether oxygens (including phenoxy) is 1. The first-order chi connectivity index (χ1) is 9.67. The Morgan fingerprint density at radius 2 is 1.80 bits per heavy atom. The molecule has 2 aromatic rings. The van der Waals surface area contributed by atoms with E-state index in [4.69, 9.17) is 4.74 Å². The van der Waals surface area contributed by atoms with Gasteiger partial charge in [-0.3, -0.25) is 0 Å². The van der Waals surface area contributed by atoms with Crippen molar-refractivity contribution in [2.45, 2.75) is 20.3 Å². The number of carbonyl (C=O) groups is 1. The quantitative estimate of drug-likeness (QED) is 0.605. The molecule has 2 rings (SSSR count). The van der Waals surface area contributed by atoms with Gasteiger partial charge >= 0.3 is 5.97 Å². The van der Waals surface area contributed by atoms with Crippen LogP contribution in [-0.2, 0) is 9.53 Å². The first-order valence-electron chi connectivity index (χ1n) is 6.72. The Bertz CT molecular complexity index is 659. The maximum absolute atomic E-state index is 14.1. The summed E-state index contributed by atoms with van der Waals surface area (Å²) >= 11 is 0. The molecule has 0 saturated carbocycles. The van der Waals surface area contributed by atoms with Crippen LogP contribution in [0.2, 0.25) is 0 Å². The van der Waals surface area contributed by atoms with Crippen LogP contribution in [0, 0.1) is 0 Å². The Hall–Kier alpha value is -2.16. The van der Waals surface area contributed by atoms with E-state index in [1.54, 1.807) is 6.92 Å². The fraction of sp³-hybridized carbons (Fsp3) is 0.235. The van der Waals surface area contributed by atoms with Crippen molar-refractivity contribution in [3.05, 3.63) is 53.9 Å². The summed E-state index contributed by atoms with van der Waals surface area (Å²) in [6.45, 7) is 3.65. The van der Waals surface area contributed by atoms with E-state index in [1.807, 2.05) is 49.4 Å². The van der Waals surface area contributed by atoms with Gasteiger partial charge in [-0.25, -0.2) is 4.79 Å². The first kappa shape index (κ1) is 14.3. The lowest BCUT2D eigenvalue weighted by atomic mass is 9.99. The van der Waals surface area contributed by atoms with E-state index >= 15 is 0 Å². The third kappa shape index (κ3) is 2.87. The van der Waals surface area contributed by atoms with Gasteiger partial charge in [0.1, 0.15) is 0 Å². The van der Waals surface area contributed by atoms with Crippen molar-refractivity contribution in [2.75, 3.05) is 6.61 Å². The van der Waals surface area contributed by atoms with Gasteiger partial charge in [0.15, 0.2) is 0 Å². The molecule has 0 aliphatic rings. The van der Waals surface area contributed by atoms with Crippen molar-refractivity contribution in [2.24, 2.45) is 0 Å². The lowest BCUT2D eigenvalue weighted by Crippen LogP contribution is -2.06. The minimum atomic E-state index is -0.891. The lowest BCUT2D eigenvalue weighted by molar-refractivity contribution is -0.140. The van der Waals surface area contributed by atoms with Crippen molar-refractivity contribution >= 4 is 22.3 Å². The Morgan fingerprint density at radius 1 is 1.10 bits per heavy atom. The number of hydrogen-bond acceptors (Lipinski definition) is 2. The number of rotatable bonds is 4. The molecule has 0 aromatic heterocycles. The van der Waals surface area contributed by atoms with Crippen molar-refractivity contribution < 1.29 is 13.9 Å². The number of esters is 1. The van der Waals surface area contributed by atoms with Crippen LogP contribution in [0.5, 0.6) is 0 Å². The summed E-state index contributed by atoms with van der Waals surface area (Å²) in [6.07, 6.45) is 0.434. The van der Waals surface area contributed by atoms with Crippen LogP contribution in [0.3, 0.4) is 0 Å². The van der Waals surface area contributed by atoms with Crippen LogP contribution in [-0.4, -0.2) is 12.6 Å². The third-order valence-corrected chi connectivity index (χ3v) is 3.17. The summed E-state index contributed by atoms with van der Waals surface area (Å²) in [4.78, 5) is 11.5. The van der Waals surface area contributed by atoms with Gasteiger partial charge in [-0.2, -0.15) is 4.39 Å². The zero-order chi connectivity index (χ0) is 14.5. The van der Waals surface area contributed by atoms with Gasteiger partial charge in [0.25, 0.3) is 0 Å². The molecule has 3 heteroatoms. The molecule has 0 N–H and O–H groups in total. The standard InChI is InChI=1S/C17H17FO2/c1-3-15(16(18)17(19)20-4-2)14-10-9-12-7-5-6-8-13(12)11-14/h5-11H,3-4H2,1-2H3/b16-15+. The maximum atomic E-state index is 14.1. The highest BCUT2D eigenvalue weighted by Crippen LogP contribution is 2.27. The third-order valence-electron chi connectivity index (χ3n) is 3.17. The topological polar surface area (TPSA) is 26.3 Å². The lowest BCUT2D eigenvalue weighted by Gasteiger charge is -2.09. The molecule has 0 radical (unpaired) electrons. The molecule has 2 aromatic carbocycles. The van der Waals surface area contributed by atoms with Gasteiger partial charge in [-0.1, -0.05) is 43.3 Å². The molecule has 104 valence electrons. The van der Waals surface area contributed by atoms with Crippen LogP contribution in [0.25, 0.3) is 16.3 Å². The molecule has 0 atom stereocenters. The van der Waals surface area contributed by atoms with Crippen LogP contribution in [0.1, 0.15) is 25.8 Å². The van der Waals surface area contributed by atoms with Crippen LogP contribution in [0.4, 0.5) is 4.39 Å². The Kier molecular flexibility index (Phi) is 4.51. The second kappa shape index (κ2) is 6.33. The van der Waals surface area contributed by atoms with Crippen LogP contribution in [0.15, 0.2) is 48.3 Å². The number of hydrogen-bond donors (Lipinski definition) is 0. The zero-order valence-corrected chi connectivity index (χ0v) is 11.7. The molecule has 0 aliphatic heterocycles. The smallest absolute Gasteiger partial charge is 0.367 e. The van der Waals surface area contributed by atoms with E-state index in [-0.39, 0.29) is 6.61 Å². The SMILES string of the molecule is CCOC(=O)/C(F)=C(/CC)c1ccc2ccccc2c1. The summed E-state index contributed by atoms with van der Waals surface area (Å²) in [5.74, 6) is -1.69. The normalized spacial score (nSPS) is 12.2. The summed E-state index contributed by atoms with van der Waals surface area (Å²) in [6, 6.07) is 13.5. The van der Waals surface area contributed by atoms with Crippen LogP contribution < -0.4 is 0 Å². The molecular weight excluding hydrogens is 255 g/mol. The number of fused-ring (bicyclic) bond motifs is 1. The second-order valence-corrected chi connectivity index (χ2v) is 4.43. The average molecular weight is 272 g/mol. The van der Waals surface area contributed by atoms with Crippen molar-refractivity contribution in [3.8, 4) is 0 Å². The largest absolute Gasteiger partial charge is 0.461 e. The fourth-order valence-corrected chi connectivity index (χ4v) is 2.18. The molecule has 0 bridgehead atoms. The highest BCUT2D eigenvalue weighted by atomic mass is 19.1. The molecule has 0 amide bonds. The van der Waals surface area contributed by atoms with E-state index in [9.17, 15) is 9.18 Å².